The number of halogens is 1. The lowest BCUT2D eigenvalue weighted by Gasteiger charge is -2.11. The number of fused-ring (bicyclic) bond motifs is 1. The Morgan fingerprint density at radius 2 is 1.85 bits per heavy atom. The molecule has 0 bridgehead atoms. The SMILES string of the molecule is COc1ccc(OC)c(CCNC(=O)CCCn2nc(-c3ccccc3)c3cc(Cl)ccc32)c1. The van der Waals surface area contributed by atoms with Crippen molar-refractivity contribution in [1.82, 2.24) is 15.1 Å². The summed E-state index contributed by atoms with van der Waals surface area (Å²) in [6.45, 7) is 1.17. The number of rotatable bonds is 10. The molecule has 176 valence electrons. The molecule has 1 amide bonds. The summed E-state index contributed by atoms with van der Waals surface area (Å²) in [7, 11) is 3.27. The van der Waals surface area contributed by atoms with Crippen LogP contribution in [0.2, 0.25) is 5.02 Å². The summed E-state index contributed by atoms with van der Waals surface area (Å²) in [6.07, 6.45) is 1.77. The summed E-state index contributed by atoms with van der Waals surface area (Å²) in [6, 6.07) is 21.5. The van der Waals surface area contributed by atoms with Crippen molar-refractivity contribution in [3.8, 4) is 22.8 Å². The Morgan fingerprint density at radius 3 is 2.62 bits per heavy atom. The van der Waals surface area contributed by atoms with E-state index in [4.69, 9.17) is 26.2 Å². The van der Waals surface area contributed by atoms with Gasteiger partial charge >= 0.3 is 0 Å². The van der Waals surface area contributed by atoms with Crippen LogP contribution in [0.15, 0.2) is 66.7 Å². The van der Waals surface area contributed by atoms with Crippen LogP contribution in [0.25, 0.3) is 22.2 Å². The van der Waals surface area contributed by atoms with Crippen LogP contribution in [-0.2, 0) is 17.8 Å². The van der Waals surface area contributed by atoms with Gasteiger partial charge in [-0.15, -0.1) is 0 Å². The number of carbonyl (C=O) groups is 1. The maximum absolute atomic E-state index is 12.4. The van der Waals surface area contributed by atoms with Gasteiger partial charge in [-0.25, -0.2) is 0 Å². The summed E-state index contributed by atoms with van der Waals surface area (Å²) in [4.78, 5) is 12.4. The van der Waals surface area contributed by atoms with Crippen LogP contribution in [0.1, 0.15) is 18.4 Å². The molecule has 0 atom stereocenters. The highest BCUT2D eigenvalue weighted by atomic mass is 35.5. The first-order chi connectivity index (χ1) is 16.6. The Bertz CT molecular complexity index is 1270. The second-order valence-electron chi connectivity index (χ2n) is 7.98. The van der Waals surface area contributed by atoms with E-state index in [0.717, 1.165) is 39.2 Å². The lowest BCUT2D eigenvalue weighted by atomic mass is 10.1. The lowest BCUT2D eigenvalue weighted by molar-refractivity contribution is -0.121. The summed E-state index contributed by atoms with van der Waals surface area (Å²) >= 11 is 6.26. The molecule has 0 spiro atoms. The van der Waals surface area contributed by atoms with Crippen molar-refractivity contribution in [2.75, 3.05) is 20.8 Å². The second-order valence-corrected chi connectivity index (χ2v) is 8.42. The molecule has 1 heterocycles. The van der Waals surface area contributed by atoms with Gasteiger partial charge in [0.05, 0.1) is 19.7 Å². The molecule has 0 saturated heterocycles. The Labute approximate surface area is 204 Å². The highest BCUT2D eigenvalue weighted by Gasteiger charge is 2.13. The predicted octanol–water partition coefficient (Wildman–Crippen LogP) is 5.51. The summed E-state index contributed by atoms with van der Waals surface area (Å²) in [5.74, 6) is 1.57. The van der Waals surface area contributed by atoms with Crippen LogP contribution in [0.4, 0.5) is 0 Å². The number of carbonyl (C=O) groups excluding carboxylic acids is 1. The molecule has 0 aliphatic heterocycles. The van der Waals surface area contributed by atoms with Crippen molar-refractivity contribution in [3.05, 3.63) is 77.3 Å². The first-order valence-corrected chi connectivity index (χ1v) is 11.7. The fourth-order valence-electron chi connectivity index (χ4n) is 4.02. The summed E-state index contributed by atoms with van der Waals surface area (Å²) in [5.41, 5.74) is 3.94. The largest absolute Gasteiger partial charge is 0.497 e. The zero-order valence-electron chi connectivity index (χ0n) is 19.4. The molecule has 34 heavy (non-hydrogen) atoms. The number of benzene rings is 3. The molecule has 0 aliphatic rings. The number of hydrogen-bond donors (Lipinski definition) is 1. The van der Waals surface area contributed by atoms with Gasteiger partial charge in [0, 0.05) is 35.5 Å². The Balaban J connectivity index is 1.35. The zero-order chi connectivity index (χ0) is 23.9. The van der Waals surface area contributed by atoms with Crippen LogP contribution in [0.5, 0.6) is 11.5 Å². The summed E-state index contributed by atoms with van der Waals surface area (Å²) in [5, 5.41) is 9.52. The van der Waals surface area contributed by atoms with Gasteiger partial charge in [-0.2, -0.15) is 5.10 Å². The van der Waals surface area contributed by atoms with E-state index in [0.29, 0.717) is 37.4 Å². The van der Waals surface area contributed by atoms with Crippen LogP contribution in [-0.4, -0.2) is 36.5 Å². The molecular weight excluding hydrogens is 450 g/mol. The van der Waals surface area contributed by atoms with Crippen LogP contribution in [0.3, 0.4) is 0 Å². The van der Waals surface area contributed by atoms with Gasteiger partial charge in [-0.3, -0.25) is 9.48 Å². The third-order valence-electron chi connectivity index (χ3n) is 5.74. The van der Waals surface area contributed by atoms with Gasteiger partial charge in [-0.05, 0) is 54.8 Å². The van der Waals surface area contributed by atoms with Crippen molar-refractivity contribution in [2.24, 2.45) is 0 Å². The molecule has 7 heteroatoms. The van der Waals surface area contributed by atoms with Gasteiger partial charge in [0.2, 0.25) is 5.91 Å². The van der Waals surface area contributed by atoms with Crippen LogP contribution >= 0.6 is 11.6 Å². The monoisotopic (exact) mass is 477 g/mol. The van der Waals surface area contributed by atoms with E-state index in [1.54, 1.807) is 14.2 Å². The normalized spacial score (nSPS) is 10.9. The van der Waals surface area contributed by atoms with E-state index < -0.39 is 0 Å². The average Bonchev–Trinajstić information content (AvgIpc) is 3.22. The predicted molar refractivity (Wildman–Crippen MR) is 136 cm³/mol. The minimum absolute atomic E-state index is 0.0182. The fraction of sp³-hybridized carbons (Fsp3) is 0.259. The van der Waals surface area contributed by atoms with E-state index in [-0.39, 0.29) is 5.91 Å². The number of methoxy groups -OCH3 is 2. The highest BCUT2D eigenvalue weighted by molar-refractivity contribution is 6.31. The molecule has 0 radical (unpaired) electrons. The molecule has 4 aromatic rings. The smallest absolute Gasteiger partial charge is 0.220 e. The molecule has 0 saturated carbocycles. The number of nitrogens with zero attached hydrogens (tertiary/aromatic N) is 2. The Hall–Kier alpha value is -3.51. The zero-order valence-corrected chi connectivity index (χ0v) is 20.1. The van der Waals surface area contributed by atoms with Gasteiger partial charge in [0.1, 0.15) is 17.2 Å². The first kappa shape index (κ1) is 23.6. The second kappa shape index (κ2) is 11.1. The van der Waals surface area contributed by atoms with Gasteiger partial charge in [0.25, 0.3) is 0 Å². The third-order valence-corrected chi connectivity index (χ3v) is 5.97. The molecule has 4 rings (SSSR count). The minimum Gasteiger partial charge on any atom is -0.497 e. The molecule has 1 aromatic heterocycles. The quantitative estimate of drug-likeness (QED) is 0.327. The van der Waals surface area contributed by atoms with E-state index >= 15 is 0 Å². The number of nitrogens with one attached hydrogen (secondary N) is 1. The van der Waals surface area contributed by atoms with E-state index in [9.17, 15) is 4.79 Å². The fourth-order valence-corrected chi connectivity index (χ4v) is 4.19. The van der Waals surface area contributed by atoms with E-state index in [1.165, 1.54) is 0 Å². The van der Waals surface area contributed by atoms with E-state index in [2.05, 4.69) is 5.32 Å². The molecule has 6 nitrogen and oxygen atoms in total. The Morgan fingerprint density at radius 1 is 1.03 bits per heavy atom. The maximum atomic E-state index is 12.4. The van der Waals surface area contributed by atoms with Crippen molar-refractivity contribution < 1.29 is 14.3 Å². The molecule has 3 aromatic carbocycles. The van der Waals surface area contributed by atoms with Crippen molar-refractivity contribution >= 4 is 28.4 Å². The molecule has 1 N–H and O–H groups in total. The van der Waals surface area contributed by atoms with Crippen LogP contribution < -0.4 is 14.8 Å². The number of aryl methyl sites for hydroxylation is 1. The van der Waals surface area contributed by atoms with Crippen molar-refractivity contribution in [3.63, 3.8) is 0 Å². The lowest BCUT2D eigenvalue weighted by Crippen LogP contribution is -2.25. The van der Waals surface area contributed by atoms with Gasteiger partial charge in [-0.1, -0.05) is 41.9 Å². The van der Waals surface area contributed by atoms with Gasteiger partial charge < -0.3 is 14.8 Å². The van der Waals surface area contributed by atoms with Crippen LogP contribution in [0, 0.1) is 0 Å². The molecule has 0 fully saturated rings. The Kier molecular flexibility index (Phi) is 7.70. The third kappa shape index (κ3) is 5.51. The number of ether oxygens (including phenoxy) is 2. The number of aromatic nitrogens is 2. The molecule has 0 unspecified atom stereocenters. The van der Waals surface area contributed by atoms with Crippen molar-refractivity contribution in [1.29, 1.82) is 0 Å². The maximum Gasteiger partial charge on any atom is 0.220 e. The highest BCUT2D eigenvalue weighted by Crippen LogP contribution is 2.30. The standard InChI is InChI=1S/C27H28ClN3O3/c1-33-22-11-13-25(34-2)20(17-22)14-15-29-26(32)9-6-16-31-24-12-10-21(28)18-23(24)27(30-31)19-7-4-3-5-8-19/h3-5,7-8,10-13,17-18H,6,9,14-16H2,1-2H3,(H,29,32). The topological polar surface area (TPSA) is 65.4 Å². The van der Waals surface area contributed by atoms with E-state index in [1.807, 2.05) is 71.4 Å². The van der Waals surface area contributed by atoms with Crippen molar-refractivity contribution in [2.45, 2.75) is 25.8 Å². The number of hydrogen-bond acceptors (Lipinski definition) is 4. The minimum atomic E-state index is 0.0182. The molecule has 0 aliphatic carbocycles. The average molecular weight is 478 g/mol. The van der Waals surface area contributed by atoms with Gasteiger partial charge in [0.15, 0.2) is 0 Å². The molecular formula is C27H28ClN3O3. The summed E-state index contributed by atoms with van der Waals surface area (Å²) < 4.78 is 12.7. The number of amides is 1. The first-order valence-electron chi connectivity index (χ1n) is 11.3.